The monoisotopic (exact) mass is 382 g/mol. The molecule has 6 nitrogen and oxygen atoms in total. The molecule has 0 aromatic carbocycles. The van der Waals surface area contributed by atoms with Crippen LogP contribution in [0.3, 0.4) is 0 Å². The van der Waals surface area contributed by atoms with Crippen LogP contribution >= 0.6 is 0 Å². The number of ether oxygens (including phenoxy) is 3. The van der Waals surface area contributed by atoms with Gasteiger partial charge in [-0.3, -0.25) is 4.79 Å². The molecule has 1 unspecified atom stereocenters. The van der Waals surface area contributed by atoms with Gasteiger partial charge in [-0.05, 0) is 12.3 Å². The Labute approximate surface area is 163 Å². The Kier molecular flexibility index (Phi) is 25.2. The molecule has 0 aliphatic carbocycles. The van der Waals surface area contributed by atoms with Crippen molar-refractivity contribution >= 4 is 17.9 Å². The molecular weight excluding hydrogens is 348 g/mol. The van der Waals surface area contributed by atoms with E-state index < -0.39 is 5.97 Å². The van der Waals surface area contributed by atoms with Gasteiger partial charge in [0.1, 0.15) is 6.61 Å². The van der Waals surface area contributed by atoms with Crippen LogP contribution in [0.25, 0.3) is 0 Å². The summed E-state index contributed by atoms with van der Waals surface area (Å²) < 4.78 is 13.6. The van der Waals surface area contributed by atoms with E-state index >= 15 is 0 Å². The van der Waals surface area contributed by atoms with E-state index in [-0.39, 0.29) is 18.5 Å². The number of rotatable bonds is 11. The van der Waals surface area contributed by atoms with Crippen LogP contribution in [0.2, 0.25) is 0 Å². The minimum absolute atomic E-state index is 0.255. The summed E-state index contributed by atoms with van der Waals surface area (Å²) in [7, 11) is 0. The fourth-order valence-corrected chi connectivity index (χ4v) is 1.47. The van der Waals surface area contributed by atoms with Crippen molar-refractivity contribution in [3.8, 4) is 0 Å². The van der Waals surface area contributed by atoms with Gasteiger partial charge in [-0.1, -0.05) is 65.5 Å². The summed E-state index contributed by atoms with van der Waals surface area (Å²) in [6.45, 7) is 19.5. The van der Waals surface area contributed by atoms with Gasteiger partial charge in [0.15, 0.2) is 0 Å². The van der Waals surface area contributed by atoms with Crippen LogP contribution < -0.4 is 0 Å². The van der Waals surface area contributed by atoms with Gasteiger partial charge in [0, 0.05) is 19.1 Å². The summed E-state index contributed by atoms with van der Waals surface area (Å²) in [5, 5.41) is 0. The predicted octanol–water partition coefficient (Wildman–Crippen LogP) is 4.53. The zero-order valence-corrected chi connectivity index (χ0v) is 16.9. The van der Waals surface area contributed by atoms with Crippen molar-refractivity contribution in [2.24, 2.45) is 5.92 Å². The Morgan fingerprint density at radius 2 is 1.52 bits per heavy atom. The highest BCUT2D eigenvalue weighted by atomic mass is 16.5. The van der Waals surface area contributed by atoms with E-state index in [1.165, 1.54) is 31.9 Å². The minimum atomic E-state index is -0.412. The van der Waals surface area contributed by atoms with E-state index in [2.05, 4.69) is 49.6 Å². The van der Waals surface area contributed by atoms with Crippen molar-refractivity contribution in [1.82, 2.24) is 0 Å². The van der Waals surface area contributed by atoms with E-state index in [0.29, 0.717) is 12.5 Å². The Balaban J connectivity index is -0.000000351. The highest BCUT2D eigenvalue weighted by Gasteiger charge is 2.07. The fraction of sp³-hybridized carbons (Fsp3) is 0.476. The Morgan fingerprint density at radius 1 is 0.963 bits per heavy atom. The zero-order valence-electron chi connectivity index (χ0n) is 16.9. The van der Waals surface area contributed by atoms with Crippen molar-refractivity contribution in [2.45, 2.75) is 46.5 Å². The summed E-state index contributed by atoms with van der Waals surface area (Å²) in [6.07, 6.45) is 9.57. The van der Waals surface area contributed by atoms with E-state index in [9.17, 15) is 14.4 Å². The van der Waals surface area contributed by atoms with E-state index in [0.717, 1.165) is 25.2 Å². The number of carbonyl (C=O) groups is 3. The maximum Gasteiger partial charge on any atom is 0.330 e. The summed E-state index contributed by atoms with van der Waals surface area (Å²) in [5.74, 6) is -0.534. The zero-order chi connectivity index (χ0) is 21.5. The first-order valence-electron chi connectivity index (χ1n) is 8.80. The number of carbonyl (C=O) groups excluding carboxylic acids is 3. The molecule has 0 aliphatic rings. The quantitative estimate of drug-likeness (QED) is 0.172. The van der Waals surface area contributed by atoms with Crippen molar-refractivity contribution in [2.75, 3.05) is 13.2 Å². The Bertz CT molecular complexity index is 454. The number of hydrogen-bond acceptors (Lipinski definition) is 6. The second kappa shape index (κ2) is 23.4. The van der Waals surface area contributed by atoms with Crippen molar-refractivity contribution in [1.29, 1.82) is 0 Å². The van der Waals surface area contributed by atoms with Gasteiger partial charge >= 0.3 is 17.9 Å². The first-order valence-corrected chi connectivity index (χ1v) is 8.80. The number of esters is 3. The largest absolute Gasteiger partial charge is 0.462 e. The maximum atomic E-state index is 10.8. The molecule has 0 saturated carbocycles. The molecule has 27 heavy (non-hydrogen) atoms. The molecule has 6 heteroatoms. The van der Waals surface area contributed by atoms with Crippen LogP contribution in [0.5, 0.6) is 0 Å². The molecule has 0 bridgehead atoms. The van der Waals surface area contributed by atoms with Crippen LogP contribution in [-0.2, 0) is 28.6 Å². The van der Waals surface area contributed by atoms with Gasteiger partial charge in [-0.15, -0.1) is 0 Å². The van der Waals surface area contributed by atoms with E-state index in [4.69, 9.17) is 4.74 Å². The van der Waals surface area contributed by atoms with E-state index in [1.807, 2.05) is 0 Å². The van der Waals surface area contributed by atoms with Gasteiger partial charge < -0.3 is 14.2 Å². The lowest BCUT2D eigenvalue weighted by Gasteiger charge is -2.13. The standard InChI is InChI=1S/C11H20O2.C6H8O2.C4H6O2/c1-4-7-8-10(5-2)9-13-11(12)6-3;1-3-5-8-6(7)4-2;1-3-6-4(2)5/h6,10H,3-5,7-9H2,1-2H3;3-4H,1-2,5H2;3H,1H2,2H3. The molecule has 0 fully saturated rings. The van der Waals surface area contributed by atoms with Crippen molar-refractivity contribution in [3.63, 3.8) is 0 Å². The van der Waals surface area contributed by atoms with Crippen LogP contribution in [0, 0.1) is 5.92 Å². The van der Waals surface area contributed by atoms with Crippen LogP contribution in [0.4, 0.5) is 0 Å². The molecule has 0 saturated heterocycles. The normalized spacial score (nSPS) is 9.59. The smallest absolute Gasteiger partial charge is 0.330 e. The first kappa shape index (κ1) is 29.1. The highest BCUT2D eigenvalue weighted by Crippen LogP contribution is 2.12. The maximum absolute atomic E-state index is 10.8. The summed E-state index contributed by atoms with van der Waals surface area (Å²) in [4.78, 5) is 30.7. The topological polar surface area (TPSA) is 78.9 Å². The Morgan fingerprint density at radius 3 is 1.85 bits per heavy atom. The fourth-order valence-electron chi connectivity index (χ4n) is 1.47. The second-order valence-corrected chi connectivity index (χ2v) is 5.15. The second-order valence-electron chi connectivity index (χ2n) is 5.15. The van der Waals surface area contributed by atoms with Gasteiger partial charge in [0.2, 0.25) is 0 Å². The molecule has 0 N–H and O–H groups in total. The molecule has 0 rings (SSSR count). The molecule has 0 aromatic rings. The number of unbranched alkanes of at least 4 members (excludes halogenated alkanes) is 1. The summed E-state index contributed by atoms with van der Waals surface area (Å²) in [5.41, 5.74) is 0. The molecule has 154 valence electrons. The van der Waals surface area contributed by atoms with Gasteiger partial charge in [-0.25, -0.2) is 9.59 Å². The molecule has 0 amide bonds. The van der Waals surface area contributed by atoms with Gasteiger partial charge in [-0.2, -0.15) is 0 Å². The van der Waals surface area contributed by atoms with Crippen molar-refractivity contribution in [3.05, 3.63) is 50.8 Å². The molecular formula is C21H34O6. The molecule has 0 radical (unpaired) electrons. The van der Waals surface area contributed by atoms with Crippen molar-refractivity contribution < 1.29 is 28.6 Å². The molecule has 0 heterocycles. The van der Waals surface area contributed by atoms with Crippen LogP contribution in [0.1, 0.15) is 46.5 Å². The molecule has 0 aromatic heterocycles. The molecule has 0 aliphatic heterocycles. The average Bonchev–Trinajstić information content (AvgIpc) is 2.66. The third-order valence-corrected chi connectivity index (χ3v) is 2.93. The minimum Gasteiger partial charge on any atom is -0.462 e. The van der Waals surface area contributed by atoms with Gasteiger partial charge in [0.05, 0.1) is 12.9 Å². The van der Waals surface area contributed by atoms with Crippen LogP contribution in [-0.4, -0.2) is 31.1 Å². The lowest BCUT2D eigenvalue weighted by atomic mass is 10.0. The molecule has 1 atom stereocenters. The Hall–Kier alpha value is -2.63. The highest BCUT2D eigenvalue weighted by molar-refractivity contribution is 5.81. The first-order chi connectivity index (χ1) is 12.8. The third kappa shape index (κ3) is 28.4. The van der Waals surface area contributed by atoms with Gasteiger partial charge in [0.25, 0.3) is 0 Å². The summed E-state index contributed by atoms with van der Waals surface area (Å²) in [6, 6.07) is 0. The summed E-state index contributed by atoms with van der Waals surface area (Å²) >= 11 is 0. The predicted molar refractivity (Wildman–Crippen MR) is 108 cm³/mol. The third-order valence-electron chi connectivity index (χ3n) is 2.93. The lowest BCUT2D eigenvalue weighted by molar-refractivity contribution is -0.139. The SMILES string of the molecule is C=CC(=O)OCC(CC)CCCC.C=CCOC(=O)C=C.C=COC(C)=O. The molecule has 0 spiro atoms. The van der Waals surface area contributed by atoms with E-state index in [1.54, 1.807) is 0 Å². The average molecular weight is 382 g/mol. The lowest BCUT2D eigenvalue weighted by Crippen LogP contribution is -2.12. The number of hydrogen-bond donors (Lipinski definition) is 0. The van der Waals surface area contributed by atoms with Crippen LogP contribution in [0.15, 0.2) is 50.8 Å².